The second-order valence-electron chi connectivity index (χ2n) is 16.9. The summed E-state index contributed by atoms with van der Waals surface area (Å²) in [5, 5.41) is 0. The summed E-state index contributed by atoms with van der Waals surface area (Å²) in [5.74, 6) is 0. The molecule has 0 spiro atoms. The first-order valence-corrected chi connectivity index (χ1v) is 46.0. The summed E-state index contributed by atoms with van der Waals surface area (Å²) in [6.45, 7) is 10.3. The SMILES string of the molecule is C.CCCCCCCCP(C)(=O)Cl.CCCCCCCP(C)(=O)Cl.CCCCCCP(C)(=O)Cl.CCCCCP(C)(=O)Cl.CCCCP(C)(=O)Cl.CCCP(C)(=O)Cl.CCP(C)(=O)Cl. The molecule has 0 aromatic heterocycles. The molecule has 0 aromatic rings. The maximum absolute atomic E-state index is 11.1. The molecule has 7 atom stereocenters. The average molecular weight is 1200 g/mol. The van der Waals surface area contributed by atoms with Gasteiger partial charge in [-0.05, 0) is 38.5 Å². The van der Waals surface area contributed by atoms with Crippen molar-refractivity contribution in [2.75, 3.05) is 89.8 Å². The zero-order chi connectivity index (χ0) is 51.3. The Bertz CT molecular complexity index is 1300. The van der Waals surface area contributed by atoms with Gasteiger partial charge in [-0.15, -0.1) is 0 Å². The quantitative estimate of drug-likeness (QED) is 0.0565. The molecule has 7 unspecified atom stereocenters. The molecule has 0 rings (SSSR count). The van der Waals surface area contributed by atoms with E-state index < -0.39 is 45.5 Å². The van der Waals surface area contributed by atoms with Gasteiger partial charge in [-0.1, -0.05) is 231 Å². The first-order chi connectivity index (χ1) is 28.4. The smallest absolute Gasteiger partial charge is 0.166 e. The fourth-order valence-corrected chi connectivity index (χ4v) is 11.6. The van der Waals surface area contributed by atoms with Gasteiger partial charge in [0.15, 0.2) is 45.5 Å². The maximum Gasteiger partial charge on any atom is 0.166 e. The van der Waals surface area contributed by atoms with Crippen molar-refractivity contribution in [1.29, 1.82) is 0 Å². The number of hydrogen-bond donors (Lipinski definition) is 0. The van der Waals surface area contributed by atoms with E-state index in [0.717, 1.165) is 57.8 Å². The van der Waals surface area contributed by atoms with Crippen LogP contribution in [0.4, 0.5) is 0 Å². The van der Waals surface area contributed by atoms with Crippen molar-refractivity contribution in [1.82, 2.24) is 0 Å². The molecule has 0 aliphatic heterocycles. The Kier molecular flexibility index (Phi) is 69.9. The molecule has 21 heteroatoms. The van der Waals surface area contributed by atoms with Gasteiger partial charge < -0.3 is 32.0 Å². The van der Waals surface area contributed by atoms with Crippen LogP contribution in [0.5, 0.6) is 0 Å². The summed E-state index contributed by atoms with van der Waals surface area (Å²) in [5.41, 5.74) is 0. The minimum Gasteiger partial charge on any atom is -0.307 e. The lowest BCUT2D eigenvalue weighted by Crippen LogP contribution is -1.84. The van der Waals surface area contributed by atoms with Crippen LogP contribution in [0, 0.1) is 0 Å². The third-order valence-corrected chi connectivity index (χ3v) is 20.0. The Balaban J connectivity index is -0.0000000960. The van der Waals surface area contributed by atoms with E-state index in [1.54, 1.807) is 46.7 Å². The lowest BCUT2D eigenvalue weighted by atomic mass is 10.1. The highest BCUT2D eigenvalue weighted by molar-refractivity contribution is 7.90. The van der Waals surface area contributed by atoms with E-state index in [4.69, 9.17) is 78.7 Å². The van der Waals surface area contributed by atoms with Gasteiger partial charge in [0, 0.05) is 89.8 Å². The zero-order valence-electron chi connectivity index (χ0n) is 42.4. The normalized spacial score (nSPS) is 17.0. The highest BCUT2D eigenvalue weighted by Crippen LogP contribution is 2.50. The van der Waals surface area contributed by atoms with Gasteiger partial charge in [0.1, 0.15) is 0 Å². The van der Waals surface area contributed by atoms with Gasteiger partial charge in [0.2, 0.25) is 0 Å². The minimum absolute atomic E-state index is 0. The lowest BCUT2D eigenvalue weighted by molar-refractivity contribution is 0.580. The van der Waals surface area contributed by atoms with Gasteiger partial charge in [0.25, 0.3) is 0 Å². The van der Waals surface area contributed by atoms with E-state index in [0.29, 0.717) is 43.1 Å². The molecule has 0 bridgehead atoms. The summed E-state index contributed by atoms with van der Waals surface area (Å²) >= 11 is 38.5. The van der Waals surface area contributed by atoms with Crippen molar-refractivity contribution < 1.29 is 32.0 Å². The molecule has 0 heterocycles. The summed E-state index contributed by atoms with van der Waals surface area (Å²) < 4.78 is 75.5. The molecule has 0 N–H and O–H groups in total. The monoisotopic (exact) mass is 1190 g/mol. The predicted octanol–water partition coefficient (Wildman–Crippen LogP) is 23.9. The van der Waals surface area contributed by atoms with Crippen molar-refractivity contribution in [3.05, 3.63) is 0 Å². The second-order valence-corrected chi connectivity index (χ2v) is 49.0. The molecule has 0 saturated carbocycles. The van der Waals surface area contributed by atoms with Crippen LogP contribution < -0.4 is 0 Å². The molecular formula is C43H102Cl7O7P7. The van der Waals surface area contributed by atoms with Crippen molar-refractivity contribution >= 4 is 124 Å². The highest BCUT2D eigenvalue weighted by atomic mass is 35.7. The van der Waals surface area contributed by atoms with Crippen molar-refractivity contribution in [3.63, 3.8) is 0 Å². The first-order valence-electron chi connectivity index (χ1n) is 23.3. The Morgan fingerprint density at radius 2 is 0.391 bits per heavy atom. The Labute approximate surface area is 433 Å². The molecule has 0 saturated heterocycles. The average Bonchev–Trinajstić information content (AvgIpc) is 3.09. The topological polar surface area (TPSA) is 119 Å². The van der Waals surface area contributed by atoms with E-state index in [-0.39, 0.29) is 7.43 Å². The second kappa shape index (κ2) is 52.9. The summed E-state index contributed by atoms with van der Waals surface area (Å²) in [4.78, 5) is 0. The van der Waals surface area contributed by atoms with Crippen LogP contribution in [0.3, 0.4) is 0 Å². The number of rotatable bonds is 28. The molecule has 0 amide bonds. The third kappa shape index (κ3) is 132. The zero-order valence-corrected chi connectivity index (χ0v) is 54.0. The Morgan fingerprint density at radius 3 is 0.547 bits per heavy atom. The number of unbranched alkanes of at least 4 members (excludes halogenated alkanes) is 15. The molecule has 0 aromatic carbocycles. The molecule has 0 fully saturated rings. The fourth-order valence-electron chi connectivity index (χ4n) is 4.48. The maximum atomic E-state index is 11.1. The van der Waals surface area contributed by atoms with Crippen LogP contribution in [0.25, 0.3) is 0 Å². The van der Waals surface area contributed by atoms with Crippen LogP contribution in [0.2, 0.25) is 0 Å². The van der Waals surface area contributed by atoms with E-state index in [1.165, 1.54) is 77.0 Å². The van der Waals surface area contributed by atoms with Crippen molar-refractivity contribution in [2.45, 2.75) is 191 Å². The van der Waals surface area contributed by atoms with Crippen LogP contribution >= 0.6 is 124 Å². The van der Waals surface area contributed by atoms with Crippen LogP contribution in [0.1, 0.15) is 191 Å². The van der Waals surface area contributed by atoms with Crippen molar-refractivity contribution in [2.24, 2.45) is 0 Å². The highest BCUT2D eigenvalue weighted by Gasteiger charge is 2.11. The van der Waals surface area contributed by atoms with Crippen molar-refractivity contribution in [3.8, 4) is 0 Å². The van der Waals surface area contributed by atoms with E-state index in [9.17, 15) is 32.0 Å². The Morgan fingerprint density at radius 1 is 0.234 bits per heavy atom. The molecule has 400 valence electrons. The molecule has 0 aliphatic carbocycles. The van der Waals surface area contributed by atoms with Gasteiger partial charge in [0.05, 0.1) is 0 Å². The predicted molar refractivity (Wildman–Crippen MR) is 313 cm³/mol. The number of hydrogen-bond acceptors (Lipinski definition) is 7. The van der Waals surface area contributed by atoms with Gasteiger partial charge in [-0.25, -0.2) is 0 Å². The van der Waals surface area contributed by atoms with Crippen LogP contribution in [-0.2, 0) is 32.0 Å². The third-order valence-electron chi connectivity index (χ3n) is 8.24. The molecule has 7 nitrogen and oxygen atoms in total. The van der Waals surface area contributed by atoms with Gasteiger partial charge in [-0.3, -0.25) is 0 Å². The van der Waals surface area contributed by atoms with Crippen LogP contribution in [0.15, 0.2) is 0 Å². The fraction of sp³-hybridized carbons (Fsp3) is 1.00. The largest absolute Gasteiger partial charge is 0.307 e. The standard InChI is InChI=1S/C9H20ClOP.C8H18ClOP.C7H16ClOP.C6H14ClOP.C5H12ClOP.C4H10ClOP.C3H8ClOP.CH4/c1-3-4-5-6-7-8-9-12(2,10)11;1-3-4-5-6-7-8-11(2,9)10;1-3-4-5-6-7-10(2,8)9;1-3-4-5-6-9(2,7)8;1-3-4-5-8(2,6)7;1-3-4-7(2,5)6;1-3-6(2,4)5;/h3-9H2,1-2H3;3-8H2,1-2H3;3-7H2,1-2H3;3-6H2,1-2H3;3-5H2,1-2H3;3-4H2,1-2H3;3H2,1-2H3;1H4. The Hall–Kier alpha value is 3.64. The molecule has 0 aliphatic rings. The minimum atomic E-state index is -2.25. The summed E-state index contributed by atoms with van der Waals surface area (Å²) in [6, 6.07) is 0. The summed E-state index contributed by atoms with van der Waals surface area (Å²) in [6.07, 6.45) is 29.1. The molecular weight excluding hydrogens is 1090 g/mol. The van der Waals surface area contributed by atoms with E-state index >= 15 is 0 Å². The molecule has 0 radical (unpaired) electrons. The van der Waals surface area contributed by atoms with E-state index in [2.05, 4.69) is 34.6 Å². The molecule has 64 heavy (non-hydrogen) atoms. The first kappa shape index (κ1) is 84.4. The van der Waals surface area contributed by atoms with E-state index in [1.807, 2.05) is 13.8 Å². The van der Waals surface area contributed by atoms with Crippen LogP contribution in [-0.4, -0.2) is 89.8 Å². The summed E-state index contributed by atoms with van der Waals surface area (Å²) in [7, 11) is 0. The lowest BCUT2D eigenvalue weighted by Gasteiger charge is -2.03. The van der Waals surface area contributed by atoms with Gasteiger partial charge in [-0.2, -0.15) is 0 Å². The van der Waals surface area contributed by atoms with Gasteiger partial charge >= 0.3 is 0 Å². The number of halogens is 7.